The lowest BCUT2D eigenvalue weighted by molar-refractivity contribution is 0.0526. The molecule has 1 aliphatic rings. The van der Waals surface area contributed by atoms with Gasteiger partial charge in [-0.2, -0.15) is 0 Å². The molecule has 0 atom stereocenters. The van der Waals surface area contributed by atoms with Crippen LogP contribution in [0.3, 0.4) is 0 Å². The van der Waals surface area contributed by atoms with Crippen LogP contribution in [-0.4, -0.2) is 23.9 Å². The minimum absolute atomic E-state index is 0.0275. The highest BCUT2D eigenvalue weighted by Gasteiger charge is 2.30. The van der Waals surface area contributed by atoms with E-state index in [-0.39, 0.29) is 11.4 Å². The highest BCUT2D eigenvalue weighted by Crippen LogP contribution is 2.39. The molecular weight excluding hydrogens is 258 g/mol. The van der Waals surface area contributed by atoms with Gasteiger partial charge in [-0.25, -0.2) is 9.79 Å². The molecule has 102 valence electrons. The number of benzene rings is 1. The van der Waals surface area contributed by atoms with Crippen LogP contribution >= 0.6 is 11.8 Å². The van der Waals surface area contributed by atoms with Crippen molar-refractivity contribution in [1.29, 1.82) is 0 Å². The lowest BCUT2D eigenvalue weighted by atomic mass is 9.83. The minimum Gasteiger partial charge on any atom is -0.462 e. The standard InChI is InChI=1S/C15H19NO2S/c1-5-18-13(17)10-6-7-12-11(8-10)9-15(2,3)14(16-12)19-4/h6-8H,5,9H2,1-4H3. The molecule has 0 N–H and O–H groups in total. The van der Waals surface area contributed by atoms with Crippen molar-refractivity contribution in [2.24, 2.45) is 10.4 Å². The maximum atomic E-state index is 11.8. The van der Waals surface area contributed by atoms with Crippen LogP contribution in [0.2, 0.25) is 0 Å². The molecule has 0 bridgehead atoms. The number of esters is 1. The van der Waals surface area contributed by atoms with Gasteiger partial charge in [0, 0.05) is 5.41 Å². The van der Waals surface area contributed by atoms with E-state index in [1.165, 1.54) is 0 Å². The molecule has 0 saturated carbocycles. The molecule has 0 unspecified atom stereocenters. The Labute approximate surface area is 118 Å². The number of carbonyl (C=O) groups is 1. The third kappa shape index (κ3) is 2.84. The van der Waals surface area contributed by atoms with E-state index in [4.69, 9.17) is 9.73 Å². The number of ether oxygens (including phenoxy) is 1. The maximum Gasteiger partial charge on any atom is 0.338 e. The van der Waals surface area contributed by atoms with Crippen LogP contribution in [0, 0.1) is 5.41 Å². The summed E-state index contributed by atoms with van der Waals surface area (Å²) in [4.78, 5) is 16.4. The summed E-state index contributed by atoms with van der Waals surface area (Å²) in [6, 6.07) is 5.61. The number of carbonyl (C=O) groups excluding carboxylic acids is 1. The average molecular weight is 277 g/mol. The molecule has 1 aliphatic heterocycles. The van der Waals surface area contributed by atoms with Crippen LogP contribution in [0.15, 0.2) is 23.2 Å². The number of nitrogens with zero attached hydrogens (tertiary/aromatic N) is 1. The number of hydrogen-bond acceptors (Lipinski definition) is 4. The van der Waals surface area contributed by atoms with Gasteiger partial charge in [-0.15, -0.1) is 11.8 Å². The van der Waals surface area contributed by atoms with Crippen LogP contribution in [0.1, 0.15) is 36.7 Å². The second-order valence-corrected chi connectivity index (χ2v) is 6.04. The zero-order chi connectivity index (χ0) is 14.0. The number of thioether (sulfide) groups is 1. The third-order valence-electron chi connectivity index (χ3n) is 3.22. The number of rotatable bonds is 2. The van der Waals surface area contributed by atoms with Gasteiger partial charge in [0.1, 0.15) is 0 Å². The van der Waals surface area contributed by atoms with Gasteiger partial charge in [0.05, 0.1) is 22.9 Å². The quantitative estimate of drug-likeness (QED) is 0.771. The summed E-state index contributed by atoms with van der Waals surface area (Å²) < 4.78 is 5.03. The summed E-state index contributed by atoms with van der Waals surface area (Å²) >= 11 is 1.69. The molecule has 0 radical (unpaired) electrons. The van der Waals surface area contributed by atoms with Gasteiger partial charge < -0.3 is 4.74 Å². The average Bonchev–Trinajstić information content (AvgIpc) is 2.36. The van der Waals surface area contributed by atoms with Crippen LogP contribution in [0.5, 0.6) is 0 Å². The predicted octanol–water partition coefficient (Wildman–Crippen LogP) is 3.84. The fraction of sp³-hybridized carbons (Fsp3) is 0.467. The molecule has 1 aromatic carbocycles. The van der Waals surface area contributed by atoms with Crippen LogP contribution in [-0.2, 0) is 11.2 Å². The molecule has 0 saturated heterocycles. The van der Waals surface area contributed by atoms with Crippen LogP contribution in [0.25, 0.3) is 0 Å². The van der Waals surface area contributed by atoms with Gasteiger partial charge in [-0.05, 0) is 43.4 Å². The molecule has 0 fully saturated rings. The normalized spacial score (nSPS) is 16.5. The fourth-order valence-electron chi connectivity index (χ4n) is 2.31. The Morgan fingerprint density at radius 1 is 1.47 bits per heavy atom. The largest absolute Gasteiger partial charge is 0.462 e. The molecule has 4 heteroatoms. The van der Waals surface area contributed by atoms with Gasteiger partial charge in [-0.1, -0.05) is 13.8 Å². The van der Waals surface area contributed by atoms with Crippen LogP contribution in [0.4, 0.5) is 5.69 Å². The first-order valence-corrected chi connectivity index (χ1v) is 7.63. The van der Waals surface area contributed by atoms with Crippen molar-refractivity contribution in [3.8, 4) is 0 Å². The van der Waals surface area contributed by atoms with Crippen molar-refractivity contribution in [3.05, 3.63) is 29.3 Å². The van der Waals surface area contributed by atoms with E-state index >= 15 is 0 Å². The van der Waals surface area contributed by atoms with Crippen molar-refractivity contribution in [3.63, 3.8) is 0 Å². The Morgan fingerprint density at radius 2 is 2.21 bits per heavy atom. The van der Waals surface area contributed by atoms with E-state index in [0.29, 0.717) is 12.2 Å². The highest BCUT2D eigenvalue weighted by molar-refractivity contribution is 8.13. The Morgan fingerprint density at radius 3 is 2.84 bits per heavy atom. The fourth-order valence-corrected chi connectivity index (χ4v) is 3.13. The van der Waals surface area contributed by atoms with E-state index in [9.17, 15) is 4.79 Å². The molecule has 0 amide bonds. The van der Waals surface area contributed by atoms with E-state index in [0.717, 1.165) is 22.7 Å². The van der Waals surface area contributed by atoms with E-state index < -0.39 is 0 Å². The smallest absolute Gasteiger partial charge is 0.338 e. The van der Waals surface area contributed by atoms with Crippen molar-refractivity contribution in [2.45, 2.75) is 27.2 Å². The molecule has 0 aliphatic carbocycles. The molecule has 1 aromatic rings. The first kappa shape index (κ1) is 14.1. The summed E-state index contributed by atoms with van der Waals surface area (Å²) in [5.41, 5.74) is 2.73. The molecule has 0 aromatic heterocycles. The Hall–Kier alpha value is -1.29. The van der Waals surface area contributed by atoms with Crippen molar-refractivity contribution in [1.82, 2.24) is 0 Å². The topological polar surface area (TPSA) is 38.7 Å². The molecule has 2 rings (SSSR count). The van der Waals surface area contributed by atoms with Crippen molar-refractivity contribution >= 4 is 28.5 Å². The maximum absolute atomic E-state index is 11.8. The zero-order valence-electron chi connectivity index (χ0n) is 11.8. The molecule has 3 nitrogen and oxygen atoms in total. The molecule has 19 heavy (non-hydrogen) atoms. The third-order valence-corrected chi connectivity index (χ3v) is 4.25. The second-order valence-electron chi connectivity index (χ2n) is 5.25. The van der Waals surface area contributed by atoms with Gasteiger partial charge in [0.15, 0.2) is 0 Å². The number of aliphatic imine (C=N–C) groups is 1. The van der Waals surface area contributed by atoms with Crippen molar-refractivity contribution < 1.29 is 9.53 Å². The summed E-state index contributed by atoms with van der Waals surface area (Å²) in [5.74, 6) is -0.261. The first-order valence-electron chi connectivity index (χ1n) is 6.41. The molecular formula is C15H19NO2S. The summed E-state index contributed by atoms with van der Waals surface area (Å²) in [6.45, 7) is 6.58. The number of fused-ring (bicyclic) bond motifs is 1. The van der Waals surface area contributed by atoms with Gasteiger partial charge in [0.25, 0.3) is 0 Å². The van der Waals surface area contributed by atoms with Gasteiger partial charge >= 0.3 is 5.97 Å². The monoisotopic (exact) mass is 277 g/mol. The van der Waals surface area contributed by atoms with E-state index in [2.05, 4.69) is 20.1 Å². The van der Waals surface area contributed by atoms with Crippen molar-refractivity contribution in [2.75, 3.05) is 12.9 Å². The van der Waals surface area contributed by atoms with E-state index in [1.54, 1.807) is 17.8 Å². The van der Waals surface area contributed by atoms with Crippen LogP contribution < -0.4 is 0 Å². The summed E-state index contributed by atoms with van der Waals surface area (Å²) in [7, 11) is 0. The number of hydrogen-bond donors (Lipinski definition) is 0. The SMILES string of the molecule is CCOC(=O)c1ccc2c(c1)CC(C)(C)C(SC)=N2. The van der Waals surface area contributed by atoms with Gasteiger partial charge in [-0.3, -0.25) is 0 Å². The second kappa shape index (κ2) is 5.37. The zero-order valence-corrected chi connectivity index (χ0v) is 12.6. The Balaban J connectivity index is 2.38. The van der Waals surface area contributed by atoms with Gasteiger partial charge in [0.2, 0.25) is 0 Å². The minimum atomic E-state index is -0.261. The highest BCUT2D eigenvalue weighted by atomic mass is 32.2. The Kier molecular flexibility index (Phi) is 3.99. The summed E-state index contributed by atoms with van der Waals surface area (Å²) in [5, 5.41) is 1.14. The molecule has 0 spiro atoms. The first-order chi connectivity index (χ1) is 8.97. The molecule has 1 heterocycles. The lowest BCUT2D eigenvalue weighted by Crippen LogP contribution is -2.27. The lowest BCUT2D eigenvalue weighted by Gasteiger charge is -2.30. The Bertz CT molecular complexity index is 535. The van der Waals surface area contributed by atoms with E-state index in [1.807, 2.05) is 19.1 Å². The predicted molar refractivity (Wildman–Crippen MR) is 80.5 cm³/mol. The summed E-state index contributed by atoms with van der Waals surface area (Å²) in [6.07, 6.45) is 2.95.